The van der Waals surface area contributed by atoms with Crippen LogP contribution in [-0.2, 0) is 0 Å². The van der Waals surface area contributed by atoms with Crippen LogP contribution in [0.3, 0.4) is 0 Å². The number of hydrogen-bond acceptors (Lipinski definition) is 0. The molecule has 1 nitrogen and oxygen atoms in total. The van der Waals surface area contributed by atoms with E-state index < -0.39 is 0 Å². The Hall–Kier alpha value is -1.50. The summed E-state index contributed by atoms with van der Waals surface area (Å²) in [4.78, 5) is 0. The lowest BCUT2D eigenvalue weighted by atomic mass is 10.2. The number of hydrogen-bond donors (Lipinski definition) is 0. The molecule has 0 aliphatic carbocycles. The van der Waals surface area contributed by atoms with Crippen LogP contribution >= 0.6 is 0 Å². The van der Waals surface area contributed by atoms with Crippen LogP contribution in [0, 0.1) is 7.05 Å². The van der Waals surface area contributed by atoms with Gasteiger partial charge >= 0.3 is 0 Å². The molecule has 0 saturated carbocycles. The molecule has 0 aliphatic heterocycles. The highest BCUT2D eigenvalue weighted by molar-refractivity contribution is 5.74. The summed E-state index contributed by atoms with van der Waals surface area (Å²) < 4.78 is 1.87. The van der Waals surface area contributed by atoms with Crippen molar-refractivity contribution < 1.29 is 4.57 Å². The first-order chi connectivity index (χ1) is 5.38. The molecule has 2 aromatic rings. The topological polar surface area (TPSA) is 3.88 Å². The summed E-state index contributed by atoms with van der Waals surface area (Å²) in [6, 6.07) is 12.3. The van der Waals surface area contributed by atoms with Crippen molar-refractivity contribution in [2.75, 3.05) is 0 Å². The van der Waals surface area contributed by atoms with Crippen molar-refractivity contribution in [3.63, 3.8) is 0 Å². The molecule has 1 aromatic carbocycles. The Labute approximate surface area is 65.9 Å². The molecule has 0 atom stereocenters. The molecule has 1 aromatic heterocycles. The minimum Gasteiger partial charge on any atom is -0.333 e. The number of aromatic nitrogens is 1. The average Bonchev–Trinajstić information content (AvgIpc) is 2.06. The highest BCUT2D eigenvalue weighted by Crippen LogP contribution is 2.06. The molecular formula is C10H9N. The quantitative estimate of drug-likeness (QED) is 0.391. The van der Waals surface area contributed by atoms with Crippen molar-refractivity contribution in [1.29, 1.82) is 0 Å². The van der Waals surface area contributed by atoms with Gasteiger partial charge in [0.1, 0.15) is 5.52 Å². The lowest BCUT2D eigenvalue weighted by Gasteiger charge is -2.00. The Morgan fingerprint density at radius 2 is 1.73 bits per heavy atom. The third kappa shape index (κ3) is 0.944. The van der Waals surface area contributed by atoms with Gasteiger partial charge in [0.15, 0.2) is 0 Å². The van der Waals surface area contributed by atoms with E-state index in [1.54, 1.807) is 0 Å². The summed E-state index contributed by atoms with van der Waals surface area (Å²) in [5.41, 5.74) is 1.16. The fraction of sp³-hybridized carbons (Fsp3) is 0. The van der Waals surface area contributed by atoms with Crippen molar-refractivity contribution in [3.05, 3.63) is 49.6 Å². The molecule has 54 valence electrons. The number of fused-ring (bicyclic) bond motifs is 1. The maximum atomic E-state index is 3.87. The van der Waals surface area contributed by atoms with Gasteiger partial charge in [-0.1, -0.05) is 30.3 Å². The van der Waals surface area contributed by atoms with Crippen LogP contribution in [0.5, 0.6) is 0 Å². The molecule has 2 rings (SSSR count). The fourth-order valence-electron chi connectivity index (χ4n) is 1.22. The Bertz CT molecular complexity index is 374. The highest BCUT2D eigenvalue weighted by Gasteiger charge is 1.91. The van der Waals surface area contributed by atoms with Crippen molar-refractivity contribution in [3.8, 4) is 0 Å². The summed E-state index contributed by atoms with van der Waals surface area (Å²) in [6.07, 6.45) is 1.95. The number of pyridine rings is 1. The molecule has 0 bridgehead atoms. The van der Waals surface area contributed by atoms with Gasteiger partial charge in [-0.2, -0.15) is 0 Å². The van der Waals surface area contributed by atoms with Crippen LogP contribution in [0.15, 0.2) is 42.6 Å². The second-order valence-electron chi connectivity index (χ2n) is 2.54. The fourth-order valence-corrected chi connectivity index (χ4v) is 1.22. The molecule has 0 amide bonds. The lowest BCUT2D eigenvalue weighted by Crippen LogP contribution is -2.24. The van der Waals surface area contributed by atoms with Crippen LogP contribution in [0.1, 0.15) is 0 Å². The van der Waals surface area contributed by atoms with Crippen LogP contribution in [0.2, 0.25) is 0 Å². The monoisotopic (exact) mass is 143 g/mol. The number of benzene rings is 1. The van der Waals surface area contributed by atoms with E-state index in [0.29, 0.717) is 0 Å². The zero-order chi connectivity index (χ0) is 7.68. The zero-order valence-corrected chi connectivity index (χ0v) is 6.20. The van der Waals surface area contributed by atoms with Gasteiger partial charge in [-0.3, -0.25) is 0 Å². The largest absolute Gasteiger partial charge is 0.333 e. The predicted octanol–water partition coefficient (Wildman–Crippen LogP) is 1.77. The van der Waals surface area contributed by atoms with Crippen molar-refractivity contribution in [1.82, 2.24) is 0 Å². The molecule has 0 fully saturated rings. The first-order valence-electron chi connectivity index (χ1n) is 3.58. The molecule has 0 aliphatic rings. The van der Waals surface area contributed by atoms with Gasteiger partial charge in [0, 0.05) is 7.05 Å². The molecule has 1 heteroatoms. The van der Waals surface area contributed by atoms with Crippen molar-refractivity contribution >= 4 is 10.9 Å². The van der Waals surface area contributed by atoms with E-state index in [0.717, 1.165) is 5.52 Å². The number of para-hydroxylation sites is 1. The van der Waals surface area contributed by atoms with Gasteiger partial charge < -0.3 is 4.57 Å². The number of rotatable bonds is 0. The third-order valence-corrected chi connectivity index (χ3v) is 1.79. The summed E-state index contributed by atoms with van der Waals surface area (Å²) in [7, 11) is 3.87. The first-order valence-corrected chi connectivity index (χ1v) is 3.58. The molecule has 0 N–H and O–H groups in total. The third-order valence-electron chi connectivity index (χ3n) is 1.79. The van der Waals surface area contributed by atoms with Crippen LogP contribution < -0.4 is 4.57 Å². The normalized spacial score (nSPS) is 10.2. The molecule has 1 heterocycles. The van der Waals surface area contributed by atoms with E-state index in [1.807, 2.05) is 29.0 Å². The predicted molar refractivity (Wildman–Crippen MR) is 44.9 cm³/mol. The lowest BCUT2D eigenvalue weighted by molar-refractivity contribution is -0.584. The summed E-state index contributed by atoms with van der Waals surface area (Å²) in [5, 5.41) is 1.23. The first kappa shape index (κ1) is 6.23. The van der Waals surface area contributed by atoms with E-state index in [4.69, 9.17) is 0 Å². The van der Waals surface area contributed by atoms with E-state index in [-0.39, 0.29) is 0 Å². The minimum absolute atomic E-state index is 1.16. The van der Waals surface area contributed by atoms with E-state index in [2.05, 4.69) is 25.2 Å². The van der Waals surface area contributed by atoms with E-state index >= 15 is 0 Å². The van der Waals surface area contributed by atoms with Gasteiger partial charge in [0.25, 0.3) is 0 Å². The Balaban J connectivity index is 2.91. The SMILES string of the molecule is [CH2-][n+]1cccc2ccccc21. The van der Waals surface area contributed by atoms with E-state index in [9.17, 15) is 0 Å². The summed E-state index contributed by atoms with van der Waals surface area (Å²) >= 11 is 0. The van der Waals surface area contributed by atoms with Gasteiger partial charge in [-0.15, -0.1) is 0 Å². The van der Waals surface area contributed by atoms with Gasteiger partial charge in [0.2, 0.25) is 0 Å². The van der Waals surface area contributed by atoms with Crippen LogP contribution in [0.4, 0.5) is 0 Å². The summed E-state index contributed by atoms with van der Waals surface area (Å²) in [5.74, 6) is 0. The highest BCUT2D eigenvalue weighted by atomic mass is 14.9. The smallest absolute Gasteiger partial charge is 0.112 e. The standard InChI is InChI=1S/C10H9N/c1-11-8-4-6-9-5-2-3-7-10(9)11/h2-8H,1H2. The molecule has 11 heavy (non-hydrogen) atoms. The maximum absolute atomic E-state index is 3.87. The maximum Gasteiger partial charge on any atom is 0.112 e. The minimum atomic E-state index is 1.16. The molecule has 0 radical (unpaired) electrons. The molecule has 0 saturated heterocycles. The van der Waals surface area contributed by atoms with Gasteiger partial charge in [0.05, 0.1) is 6.20 Å². The summed E-state index contributed by atoms with van der Waals surface area (Å²) in [6.45, 7) is 0. The number of nitrogens with zero attached hydrogens (tertiary/aromatic N) is 1. The van der Waals surface area contributed by atoms with Gasteiger partial charge in [-0.05, 0) is 11.5 Å². The van der Waals surface area contributed by atoms with Crippen LogP contribution in [-0.4, -0.2) is 0 Å². The van der Waals surface area contributed by atoms with Crippen LogP contribution in [0.25, 0.3) is 10.9 Å². The van der Waals surface area contributed by atoms with Crippen molar-refractivity contribution in [2.24, 2.45) is 0 Å². The molecular weight excluding hydrogens is 134 g/mol. The Morgan fingerprint density at radius 3 is 2.55 bits per heavy atom. The zero-order valence-electron chi connectivity index (χ0n) is 6.20. The van der Waals surface area contributed by atoms with Gasteiger partial charge in [-0.25, -0.2) is 0 Å². The van der Waals surface area contributed by atoms with Crippen molar-refractivity contribution in [2.45, 2.75) is 0 Å². The Kier molecular flexibility index (Phi) is 1.29. The van der Waals surface area contributed by atoms with E-state index in [1.165, 1.54) is 5.39 Å². The second-order valence-corrected chi connectivity index (χ2v) is 2.54. The molecule has 0 spiro atoms. The average molecular weight is 143 g/mol. The Morgan fingerprint density at radius 1 is 1.00 bits per heavy atom. The molecule has 0 unspecified atom stereocenters. The second kappa shape index (κ2) is 2.27.